The number of hydrogen-bond donors (Lipinski definition) is 1. The van der Waals surface area contributed by atoms with Gasteiger partial charge >= 0.3 is 6.36 Å². The molecule has 0 spiro atoms. The molecule has 1 aromatic rings. The van der Waals surface area contributed by atoms with E-state index >= 15 is 0 Å². The molecule has 0 saturated heterocycles. The van der Waals surface area contributed by atoms with Crippen molar-refractivity contribution in [3.8, 4) is 11.5 Å². The maximum atomic E-state index is 12.1. The molecule has 1 saturated carbocycles. The molecule has 0 bridgehead atoms. The van der Waals surface area contributed by atoms with E-state index in [2.05, 4.69) is 26.0 Å². The highest BCUT2D eigenvalue weighted by molar-refractivity contribution is 9.10. The summed E-state index contributed by atoms with van der Waals surface area (Å²) in [4.78, 5) is 0. The predicted molar refractivity (Wildman–Crippen MR) is 76.6 cm³/mol. The van der Waals surface area contributed by atoms with E-state index in [-0.39, 0.29) is 10.2 Å². The summed E-state index contributed by atoms with van der Waals surface area (Å²) in [6, 6.07) is 4.89. The summed E-state index contributed by atoms with van der Waals surface area (Å²) in [5, 5.41) is 3.41. The van der Waals surface area contributed by atoms with Crippen LogP contribution in [0, 0.1) is 0 Å². The van der Waals surface area contributed by atoms with Gasteiger partial charge in [0.05, 0.1) is 11.1 Å². The first-order chi connectivity index (χ1) is 9.94. The average Bonchev–Trinajstić information content (AvgIpc) is 3.19. The summed E-state index contributed by atoms with van der Waals surface area (Å²) in [6.07, 6.45) is -0.224. The van der Waals surface area contributed by atoms with Crippen LogP contribution < -0.4 is 14.8 Å². The minimum atomic E-state index is -4.69. The van der Waals surface area contributed by atoms with Crippen molar-refractivity contribution in [2.45, 2.75) is 38.1 Å². The summed E-state index contributed by atoms with van der Waals surface area (Å²) in [6.45, 7) is 1.52. The molecule has 118 valence electrons. The number of halogens is 4. The highest BCUT2D eigenvalue weighted by Gasteiger charge is 2.32. The Kier molecular flexibility index (Phi) is 5.75. The normalized spacial score (nSPS) is 15.0. The summed E-state index contributed by atoms with van der Waals surface area (Å²) >= 11 is 3.04. The molecule has 0 atom stereocenters. The minimum Gasteiger partial charge on any atom is -0.494 e. The summed E-state index contributed by atoms with van der Waals surface area (Å²) < 4.78 is 45.9. The number of nitrogens with one attached hydrogen (secondary N) is 1. The van der Waals surface area contributed by atoms with Crippen LogP contribution in [0.5, 0.6) is 11.5 Å². The van der Waals surface area contributed by atoms with E-state index in [1.54, 1.807) is 0 Å². The van der Waals surface area contributed by atoms with Gasteiger partial charge in [0, 0.05) is 6.04 Å². The van der Waals surface area contributed by atoms with Gasteiger partial charge in [0.2, 0.25) is 0 Å². The van der Waals surface area contributed by atoms with Crippen molar-refractivity contribution in [1.82, 2.24) is 5.32 Å². The number of hydrogen-bond acceptors (Lipinski definition) is 3. The Balaban J connectivity index is 1.69. The van der Waals surface area contributed by atoms with E-state index < -0.39 is 6.36 Å². The summed E-state index contributed by atoms with van der Waals surface area (Å²) in [7, 11) is 0. The van der Waals surface area contributed by atoms with Crippen molar-refractivity contribution in [3.63, 3.8) is 0 Å². The third-order valence-electron chi connectivity index (χ3n) is 2.98. The van der Waals surface area contributed by atoms with Gasteiger partial charge in [-0.3, -0.25) is 0 Å². The van der Waals surface area contributed by atoms with Crippen LogP contribution in [0.15, 0.2) is 22.7 Å². The van der Waals surface area contributed by atoms with Crippen LogP contribution in [0.3, 0.4) is 0 Å². The second-order valence-corrected chi connectivity index (χ2v) is 5.78. The van der Waals surface area contributed by atoms with Gasteiger partial charge < -0.3 is 14.8 Å². The Hall–Kier alpha value is -0.950. The standard InChI is InChI=1S/C14H17BrF3NO2/c15-12-9-11(5-6-13(12)21-14(16,17)18)20-8-2-1-7-19-10-3-4-10/h5-6,9-10,19H,1-4,7-8H2. The lowest BCUT2D eigenvalue weighted by atomic mass is 10.3. The van der Waals surface area contributed by atoms with Crippen LogP contribution in [-0.4, -0.2) is 25.6 Å². The SMILES string of the molecule is FC(F)(F)Oc1ccc(OCCCCNC2CC2)cc1Br. The number of rotatable bonds is 8. The monoisotopic (exact) mass is 367 g/mol. The Morgan fingerprint density at radius 1 is 1.24 bits per heavy atom. The van der Waals surface area contributed by atoms with E-state index in [0.29, 0.717) is 18.4 Å². The Morgan fingerprint density at radius 3 is 2.62 bits per heavy atom. The summed E-state index contributed by atoms with van der Waals surface area (Å²) in [5.41, 5.74) is 0. The van der Waals surface area contributed by atoms with Crippen LogP contribution in [0.1, 0.15) is 25.7 Å². The molecule has 7 heteroatoms. The topological polar surface area (TPSA) is 30.5 Å². The third-order valence-corrected chi connectivity index (χ3v) is 3.60. The van der Waals surface area contributed by atoms with Crippen LogP contribution in [0.4, 0.5) is 13.2 Å². The van der Waals surface area contributed by atoms with Crippen molar-refractivity contribution in [3.05, 3.63) is 22.7 Å². The molecule has 1 aliphatic carbocycles. The molecule has 3 nitrogen and oxygen atoms in total. The molecule has 0 unspecified atom stereocenters. The van der Waals surface area contributed by atoms with E-state index in [1.165, 1.54) is 31.0 Å². The van der Waals surface area contributed by atoms with E-state index in [0.717, 1.165) is 19.4 Å². The zero-order valence-corrected chi connectivity index (χ0v) is 13.0. The Labute approximate surface area is 129 Å². The molecule has 0 aliphatic heterocycles. The molecule has 0 amide bonds. The zero-order chi connectivity index (χ0) is 15.3. The molecular weight excluding hydrogens is 351 g/mol. The molecular formula is C14H17BrF3NO2. The first-order valence-corrected chi connectivity index (χ1v) is 7.65. The van der Waals surface area contributed by atoms with Crippen molar-refractivity contribution < 1.29 is 22.6 Å². The number of unbranched alkanes of at least 4 members (excludes halogenated alkanes) is 1. The second-order valence-electron chi connectivity index (χ2n) is 4.92. The quantitative estimate of drug-likeness (QED) is 0.696. The van der Waals surface area contributed by atoms with E-state index in [4.69, 9.17) is 4.74 Å². The number of benzene rings is 1. The van der Waals surface area contributed by atoms with Gasteiger partial charge in [0.15, 0.2) is 0 Å². The first kappa shape index (κ1) is 16.4. The second kappa shape index (κ2) is 7.35. The van der Waals surface area contributed by atoms with Gasteiger partial charge in [0.1, 0.15) is 11.5 Å². The molecule has 0 aromatic heterocycles. The lowest BCUT2D eigenvalue weighted by molar-refractivity contribution is -0.274. The first-order valence-electron chi connectivity index (χ1n) is 6.85. The van der Waals surface area contributed by atoms with Crippen LogP contribution in [-0.2, 0) is 0 Å². The number of ether oxygens (including phenoxy) is 2. The predicted octanol–water partition coefficient (Wildman–Crippen LogP) is 4.26. The maximum Gasteiger partial charge on any atom is 0.573 e. The minimum absolute atomic E-state index is 0.215. The Morgan fingerprint density at radius 2 is 2.00 bits per heavy atom. The fourth-order valence-electron chi connectivity index (χ4n) is 1.79. The highest BCUT2D eigenvalue weighted by atomic mass is 79.9. The molecule has 1 N–H and O–H groups in total. The van der Waals surface area contributed by atoms with Crippen molar-refractivity contribution >= 4 is 15.9 Å². The van der Waals surface area contributed by atoms with Gasteiger partial charge in [-0.15, -0.1) is 13.2 Å². The smallest absolute Gasteiger partial charge is 0.494 e. The van der Waals surface area contributed by atoms with Gasteiger partial charge in [0.25, 0.3) is 0 Å². The highest BCUT2D eigenvalue weighted by Crippen LogP contribution is 2.33. The van der Waals surface area contributed by atoms with Gasteiger partial charge in [-0.1, -0.05) is 0 Å². The lowest BCUT2D eigenvalue weighted by Crippen LogP contribution is -2.18. The van der Waals surface area contributed by atoms with Crippen LogP contribution >= 0.6 is 15.9 Å². The molecule has 21 heavy (non-hydrogen) atoms. The molecule has 2 rings (SSSR count). The largest absolute Gasteiger partial charge is 0.573 e. The third kappa shape index (κ3) is 6.56. The van der Waals surface area contributed by atoms with Gasteiger partial charge in [-0.25, -0.2) is 0 Å². The Bertz CT molecular complexity index is 464. The number of alkyl halides is 3. The molecule has 0 radical (unpaired) electrons. The van der Waals surface area contributed by atoms with E-state index in [1.807, 2.05) is 0 Å². The zero-order valence-electron chi connectivity index (χ0n) is 11.4. The fraction of sp³-hybridized carbons (Fsp3) is 0.571. The van der Waals surface area contributed by atoms with Crippen LogP contribution in [0.2, 0.25) is 0 Å². The maximum absolute atomic E-state index is 12.1. The molecule has 0 heterocycles. The van der Waals surface area contributed by atoms with Crippen LogP contribution in [0.25, 0.3) is 0 Å². The molecule has 1 aromatic carbocycles. The van der Waals surface area contributed by atoms with Gasteiger partial charge in [-0.2, -0.15) is 0 Å². The van der Waals surface area contributed by atoms with Crippen molar-refractivity contribution in [2.75, 3.05) is 13.2 Å². The lowest BCUT2D eigenvalue weighted by Gasteiger charge is -2.12. The fourth-order valence-corrected chi connectivity index (χ4v) is 2.23. The molecule has 1 aliphatic rings. The van der Waals surface area contributed by atoms with E-state index in [9.17, 15) is 13.2 Å². The molecule has 1 fully saturated rings. The van der Waals surface area contributed by atoms with Crippen molar-refractivity contribution in [1.29, 1.82) is 0 Å². The van der Waals surface area contributed by atoms with Gasteiger partial charge in [-0.05, 0) is 66.4 Å². The average molecular weight is 368 g/mol. The summed E-state index contributed by atoms with van der Waals surface area (Å²) in [5.74, 6) is 0.245. The van der Waals surface area contributed by atoms with Crippen molar-refractivity contribution in [2.24, 2.45) is 0 Å².